The molecule has 0 radical (unpaired) electrons. The number of benzene rings is 2. The highest BCUT2D eigenvalue weighted by Gasteiger charge is 2.36. The van der Waals surface area contributed by atoms with Crippen LogP contribution in [0, 0.1) is 13.8 Å². The zero-order valence-corrected chi connectivity index (χ0v) is 20.1. The molecule has 0 atom stereocenters. The van der Waals surface area contributed by atoms with Gasteiger partial charge in [-0.1, -0.05) is 29.8 Å². The lowest BCUT2D eigenvalue weighted by Crippen LogP contribution is -2.09. The highest BCUT2D eigenvalue weighted by Crippen LogP contribution is 2.42. The third-order valence-electron chi connectivity index (χ3n) is 5.43. The van der Waals surface area contributed by atoms with Gasteiger partial charge in [-0.2, -0.15) is 13.2 Å². The lowest BCUT2D eigenvalue weighted by atomic mass is 9.98. The van der Waals surface area contributed by atoms with Crippen molar-refractivity contribution in [3.63, 3.8) is 0 Å². The number of halogens is 4. The van der Waals surface area contributed by atoms with Crippen LogP contribution in [0.15, 0.2) is 41.8 Å². The molecule has 8 heteroatoms. The molecular formula is C25H24ClF3O3S. The summed E-state index contributed by atoms with van der Waals surface area (Å²) in [6.45, 7) is 5.64. The summed E-state index contributed by atoms with van der Waals surface area (Å²) in [5, 5.41) is 2.01. The van der Waals surface area contributed by atoms with E-state index in [-0.39, 0.29) is 24.6 Å². The van der Waals surface area contributed by atoms with Crippen LogP contribution in [-0.4, -0.2) is 12.6 Å². The maximum atomic E-state index is 13.7. The van der Waals surface area contributed by atoms with Crippen molar-refractivity contribution >= 4 is 28.9 Å². The van der Waals surface area contributed by atoms with E-state index in [1.165, 1.54) is 5.38 Å². The van der Waals surface area contributed by atoms with Crippen LogP contribution in [-0.2, 0) is 28.7 Å². The lowest BCUT2D eigenvalue weighted by Gasteiger charge is -2.16. The van der Waals surface area contributed by atoms with Gasteiger partial charge in [-0.25, -0.2) is 0 Å². The molecule has 1 aromatic heterocycles. The smallest absolute Gasteiger partial charge is 0.426 e. The van der Waals surface area contributed by atoms with Gasteiger partial charge in [-0.05, 0) is 78.6 Å². The molecule has 2 aromatic carbocycles. The van der Waals surface area contributed by atoms with E-state index < -0.39 is 11.1 Å². The summed E-state index contributed by atoms with van der Waals surface area (Å²) in [6.07, 6.45) is -3.69. The first kappa shape index (κ1) is 25.1. The predicted octanol–water partition coefficient (Wildman–Crippen LogP) is 7.78. The Morgan fingerprint density at radius 2 is 1.76 bits per heavy atom. The largest absolute Gasteiger partial charge is 0.489 e. The molecule has 1 heterocycles. The molecule has 0 N–H and O–H groups in total. The Morgan fingerprint density at radius 3 is 2.39 bits per heavy atom. The standard InChI is InChI=1S/C25H24ClF3O3S/c1-4-31-23(30)12-8-17-7-11-22(16(3)15(17)2)32-13-20-21(14-33-24(20)25(27,28)29)18-5-9-19(26)10-6-18/h5-7,9-11,14H,4,8,12-13H2,1-3H3. The first-order valence-electron chi connectivity index (χ1n) is 10.4. The minimum absolute atomic E-state index is 0.0956. The van der Waals surface area contributed by atoms with E-state index in [0.717, 1.165) is 16.7 Å². The average Bonchev–Trinajstić information content (AvgIpc) is 3.19. The highest BCUT2D eigenvalue weighted by molar-refractivity contribution is 7.10. The Hall–Kier alpha value is -2.51. The van der Waals surface area contributed by atoms with E-state index in [1.54, 1.807) is 37.3 Å². The Bertz CT molecular complexity index is 1120. The van der Waals surface area contributed by atoms with Gasteiger partial charge in [0.2, 0.25) is 0 Å². The molecule has 0 spiro atoms. The second kappa shape index (κ2) is 10.6. The van der Waals surface area contributed by atoms with E-state index in [4.69, 9.17) is 21.1 Å². The van der Waals surface area contributed by atoms with Gasteiger partial charge in [0.1, 0.15) is 17.2 Å². The molecule has 0 aliphatic rings. The molecule has 0 saturated heterocycles. The van der Waals surface area contributed by atoms with E-state index in [1.807, 2.05) is 19.9 Å². The van der Waals surface area contributed by atoms with Crippen molar-refractivity contribution < 1.29 is 27.4 Å². The fraction of sp³-hybridized carbons (Fsp3) is 0.320. The minimum atomic E-state index is -4.48. The second-order valence-corrected chi connectivity index (χ2v) is 8.84. The summed E-state index contributed by atoms with van der Waals surface area (Å²) in [4.78, 5) is 11.0. The van der Waals surface area contributed by atoms with Crippen LogP contribution in [0.4, 0.5) is 13.2 Å². The summed E-state index contributed by atoms with van der Waals surface area (Å²) in [5.41, 5.74) is 3.96. The van der Waals surface area contributed by atoms with Crippen molar-refractivity contribution in [1.82, 2.24) is 0 Å². The van der Waals surface area contributed by atoms with Gasteiger partial charge in [-0.15, -0.1) is 11.3 Å². The second-order valence-electron chi connectivity index (χ2n) is 7.53. The molecule has 3 rings (SSSR count). The van der Waals surface area contributed by atoms with Crippen molar-refractivity contribution in [2.45, 2.75) is 46.4 Å². The molecule has 0 unspecified atom stereocenters. The Kier molecular flexibility index (Phi) is 8.08. The molecule has 3 aromatic rings. The fourth-order valence-corrected chi connectivity index (χ4v) is 4.62. The van der Waals surface area contributed by atoms with Crippen molar-refractivity contribution in [3.8, 4) is 16.9 Å². The van der Waals surface area contributed by atoms with Gasteiger partial charge in [-0.3, -0.25) is 4.79 Å². The van der Waals surface area contributed by atoms with Crippen LogP contribution in [0.5, 0.6) is 5.75 Å². The van der Waals surface area contributed by atoms with Crippen LogP contribution in [0.1, 0.15) is 40.5 Å². The fourth-order valence-electron chi connectivity index (χ4n) is 3.53. The summed E-state index contributed by atoms with van der Waals surface area (Å²) in [6, 6.07) is 10.3. The number of esters is 1. The topological polar surface area (TPSA) is 35.5 Å². The quantitative estimate of drug-likeness (QED) is 0.299. The lowest BCUT2D eigenvalue weighted by molar-refractivity contribution is -0.143. The Balaban J connectivity index is 1.84. The molecule has 0 amide bonds. The van der Waals surface area contributed by atoms with E-state index >= 15 is 0 Å². The van der Waals surface area contributed by atoms with Crippen molar-refractivity contribution in [3.05, 3.63) is 73.9 Å². The summed E-state index contributed by atoms with van der Waals surface area (Å²) in [7, 11) is 0. The highest BCUT2D eigenvalue weighted by atomic mass is 35.5. The van der Waals surface area contributed by atoms with Crippen LogP contribution >= 0.6 is 22.9 Å². The van der Waals surface area contributed by atoms with E-state index in [9.17, 15) is 18.0 Å². The van der Waals surface area contributed by atoms with Crippen LogP contribution in [0.2, 0.25) is 5.02 Å². The third-order valence-corrected chi connectivity index (χ3v) is 6.75. The third kappa shape index (κ3) is 6.09. The zero-order valence-electron chi connectivity index (χ0n) is 18.5. The summed E-state index contributed by atoms with van der Waals surface area (Å²) >= 11 is 6.59. The van der Waals surface area contributed by atoms with Crippen molar-refractivity contribution in [2.24, 2.45) is 0 Å². The first-order chi connectivity index (χ1) is 15.6. The molecule has 176 valence electrons. The number of carbonyl (C=O) groups is 1. The maximum absolute atomic E-state index is 13.7. The normalized spacial score (nSPS) is 11.5. The van der Waals surface area contributed by atoms with Gasteiger partial charge in [0.05, 0.1) is 6.61 Å². The molecule has 0 saturated carbocycles. The van der Waals surface area contributed by atoms with Gasteiger partial charge in [0.25, 0.3) is 0 Å². The van der Waals surface area contributed by atoms with Crippen molar-refractivity contribution in [1.29, 1.82) is 0 Å². The summed E-state index contributed by atoms with van der Waals surface area (Å²) in [5.74, 6) is 0.246. The molecule has 3 nitrogen and oxygen atoms in total. The number of hydrogen-bond acceptors (Lipinski definition) is 4. The maximum Gasteiger partial charge on any atom is 0.426 e. The first-order valence-corrected chi connectivity index (χ1v) is 11.7. The SMILES string of the molecule is CCOC(=O)CCc1ccc(OCc2c(-c3ccc(Cl)cc3)csc2C(F)(F)F)c(C)c1C. The van der Waals surface area contributed by atoms with Gasteiger partial charge in [0.15, 0.2) is 0 Å². The number of ether oxygens (including phenoxy) is 2. The minimum Gasteiger partial charge on any atom is -0.489 e. The average molecular weight is 497 g/mol. The van der Waals surface area contributed by atoms with Gasteiger partial charge < -0.3 is 9.47 Å². The van der Waals surface area contributed by atoms with Crippen LogP contribution in [0.25, 0.3) is 11.1 Å². The molecule has 0 fully saturated rings. The van der Waals surface area contributed by atoms with Crippen LogP contribution < -0.4 is 4.74 Å². The predicted molar refractivity (Wildman–Crippen MR) is 125 cm³/mol. The Morgan fingerprint density at radius 1 is 1.06 bits per heavy atom. The number of aryl methyl sites for hydroxylation is 1. The molecule has 0 bridgehead atoms. The van der Waals surface area contributed by atoms with E-state index in [2.05, 4.69) is 0 Å². The number of rotatable bonds is 8. The molecule has 33 heavy (non-hydrogen) atoms. The molecular weight excluding hydrogens is 473 g/mol. The number of carbonyl (C=O) groups excluding carboxylic acids is 1. The molecule has 0 aliphatic carbocycles. The Labute approximate surface area is 200 Å². The van der Waals surface area contributed by atoms with Crippen molar-refractivity contribution in [2.75, 3.05) is 6.61 Å². The number of alkyl halides is 3. The van der Waals surface area contributed by atoms with Crippen LogP contribution in [0.3, 0.4) is 0 Å². The number of hydrogen-bond donors (Lipinski definition) is 0. The van der Waals surface area contributed by atoms with E-state index in [0.29, 0.717) is 46.3 Å². The number of thiophene rings is 1. The van der Waals surface area contributed by atoms with Gasteiger partial charge in [0, 0.05) is 17.0 Å². The summed E-state index contributed by atoms with van der Waals surface area (Å²) < 4.78 is 51.9. The zero-order chi connectivity index (χ0) is 24.2. The van der Waals surface area contributed by atoms with Gasteiger partial charge >= 0.3 is 12.1 Å². The molecule has 0 aliphatic heterocycles. The monoisotopic (exact) mass is 496 g/mol.